The number of carbonyl (C=O) groups excluding carboxylic acids is 1. The maximum atomic E-state index is 13.0. The van der Waals surface area contributed by atoms with Gasteiger partial charge >= 0.3 is 0 Å². The fourth-order valence-electron chi connectivity index (χ4n) is 2.97. The summed E-state index contributed by atoms with van der Waals surface area (Å²) in [6, 6.07) is 9.07. The smallest absolute Gasteiger partial charge is 0.255 e. The summed E-state index contributed by atoms with van der Waals surface area (Å²) in [6.07, 6.45) is 1.65. The molecule has 1 aliphatic rings. The highest BCUT2D eigenvalue weighted by Crippen LogP contribution is 2.26. The van der Waals surface area contributed by atoms with Gasteiger partial charge in [-0.25, -0.2) is 0 Å². The molecule has 0 bridgehead atoms. The lowest BCUT2D eigenvalue weighted by molar-refractivity contribution is 0.0524. The number of hydrogen-bond donors (Lipinski definition) is 0. The van der Waals surface area contributed by atoms with Crippen LogP contribution in [0.1, 0.15) is 23.2 Å². The van der Waals surface area contributed by atoms with Crippen LogP contribution in [-0.2, 0) is 0 Å². The quantitative estimate of drug-likeness (QED) is 0.720. The van der Waals surface area contributed by atoms with Crippen molar-refractivity contribution in [3.8, 4) is 11.6 Å². The molecule has 8 heteroatoms. The first-order valence-electron chi connectivity index (χ1n) is 8.78. The first-order valence-corrected chi connectivity index (χ1v) is 9.57. The van der Waals surface area contributed by atoms with E-state index >= 15 is 0 Å². The summed E-state index contributed by atoms with van der Waals surface area (Å²) in [5.74, 6) is 1.86. The van der Waals surface area contributed by atoms with E-state index in [0.717, 1.165) is 23.1 Å². The number of amides is 1. The Hall–Kier alpha value is -2.35. The summed E-state index contributed by atoms with van der Waals surface area (Å²) in [6.45, 7) is 1.22. The van der Waals surface area contributed by atoms with Gasteiger partial charge in [-0.2, -0.15) is 0 Å². The van der Waals surface area contributed by atoms with Crippen LogP contribution in [0.25, 0.3) is 0 Å². The van der Waals surface area contributed by atoms with Gasteiger partial charge in [0.2, 0.25) is 5.88 Å². The Kier molecular flexibility index (Phi) is 6.15. The molecule has 0 aliphatic carbocycles. The molecule has 1 fully saturated rings. The molecular weight excluding hydrogens is 412 g/mol. The van der Waals surface area contributed by atoms with Gasteiger partial charge in [-0.15, -0.1) is 10.2 Å². The van der Waals surface area contributed by atoms with Crippen molar-refractivity contribution in [1.29, 1.82) is 0 Å². The van der Waals surface area contributed by atoms with E-state index in [0.29, 0.717) is 30.3 Å². The van der Waals surface area contributed by atoms with Gasteiger partial charge in [0.05, 0.1) is 19.2 Å². The molecule has 2 aromatic rings. The lowest BCUT2D eigenvalue weighted by atomic mass is 10.1. The zero-order chi connectivity index (χ0) is 19.4. The number of likely N-dealkylation sites (tertiary alicyclic amines) is 1. The molecule has 0 saturated carbocycles. The SMILES string of the molecule is COc1ccc(Br)c(C(=O)N2CCCC(Oc3ccc(N(C)C)nn3)C2)c1. The van der Waals surface area contributed by atoms with Gasteiger partial charge in [-0.3, -0.25) is 4.79 Å². The van der Waals surface area contributed by atoms with Crippen molar-refractivity contribution in [2.45, 2.75) is 18.9 Å². The number of aromatic nitrogens is 2. The molecule has 3 rings (SSSR count). The van der Waals surface area contributed by atoms with E-state index in [1.54, 1.807) is 13.2 Å². The minimum Gasteiger partial charge on any atom is -0.497 e. The highest BCUT2D eigenvalue weighted by Gasteiger charge is 2.27. The van der Waals surface area contributed by atoms with Gasteiger partial charge in [0.1, 0.15) is 11.9 Å². The molecule has 0 spiro atoms. The molecule has 0 radical (unpaired) electrons. The van der Waals surface area contributed by atoms with Gasteiger partial charge in [-0.05, 0) is 53.0 Å². The van der Waals surface area contributed by atoms with Crippen LogP contribution in [0.5, 0.6) is 11.6 Å². The van der Waals surface area contributed by atoms with Crippen LogP contribution in [0, 0.1) is 0 Å². The summed E-state index contributed by atoms with van der Waals surface area (Å²) >= 11 is 3.46. The molecule has 0 N–H and O–H groups in total. The maximum absolute atomic E-state index is 13.0. The second-order valence-corrected chi connectivity index (χ2v) is 7.46. The second-order valence-electron chi connectivity index (χ2n) is 6.60. The highest BCUT2D eigenvalue weighted by molar-refractivity contribution is 9.10. The van der Waals surface area contributed by atoms with Crippen molar-refractivity contribution >= 4 is 27.7 Å². The molecule has 1 unspecified atom stereocenters. The number of anilines is 1. The minimum absolute atomic E-state index is 0.0388. The van der Waals surface area contributed by atoms with E-state index in [1.807, 2.05) is 48.2 Å². The third-order valence-electron chi connectivity index (χ3n) is 4.44. The van der Waals surface area contributed by atoms with Crippen LogP contribution in [0.3, 0.4) is 0 Å². The Bertz CT molecular complexity index is 798. The Morgan fingerprint density at radius 3 is 2.74 bits per heavy atom. The summed E-state index contributed by atoms with van der Waals surface area (Å²) in [7, 11) is 5.41. The van der Waals surface area contributed by atoms with Crippen LogP contribution in [-0.4, -0.2) is 61.4 Å². The molecule has 1 saturated heterocycles. The summed E-state index contributed by atoms with van der Waals surface area (Å²) in [4.78, 5) is 16.7. The van der Waals surface area contributed by atoms with E-state index in [9.17, 15) is 4.79 Å². The van der Waals surface area contributed by atoms with E-state index < -0.39 is 0 Å². The van der Waals surface area contributed by atoms with Gasteiger partial charge in [0, 0.05) is 31.2 Å². The van der Waals surface area contributed by atoms with E-state index in [4.69, 9.17) is 9.47 Å². The third-order valence-corrected chi connectivity index (χ3v) is 5.13. The first-order chi connectivity index (χ1) is 13.0. The van der Waals surface area contributed by atoms with Crippen molar-refractivity contribution in [3.05, 3.63) is 40.4 Å². The largest absolute Gasteiger partial charge is 0.497 e. The number of carbonyl (C=O) groups is 1. The summed E-state index contributed by atoms with van der Waals surface area (Å²) in [5.41, 5.74) is 0.588. The van der Waals surface area contributed by atoms with Crippen LogP contribution >= 0.6 is 15.9 Å². The maximum Gasteiger partial charge on any atom is 0.255 e. The number of ether oxygens (including phenoxy) is 2. The average Bonchev–Trinajstić information content (AvgIpc) is 2.68. The number of rotatable bonds is 5. The van der Waals surface area contributed by atoms with Crippen molar-refractivity contribution in [2.24, 2.45) is 0 Å². The van der Waals surface area contributed by atoms with E-state index in [1.165, 1.54) is 0 Å². The van der Waals surface area contributed by atoms with Gasteiger partial charge in [0.25, 0.3) is 5.91 Å². The van der Waals surface area contributed by atoms with Gasteiger partial charge in [0.15, 0.2) is 5.82 Å². The monoisotopic (exact) mass is 434 g/mol. The lowest BCUT2D eigenvalue weighted by Gasteiger charge is -2.32. The fraction of sp³-hybridized carbons (Fsp3) is 0.421. The molecule has 1 aromatic heterocycles. The Labute approximate surface area is 167 Å². The number of halogens is 1. The third kappa shape index (κ3) is 4.68. The van der Waals surface area contributed by atoms with Crippen molar-refractivity contribution in [1.82, 2.24) is 15.1 Å². The Morgan fingerprint density at radius 1 is 1.26 bits per heavy atom. The predicted octanol–water partition coefficient (Wildman–Crippen LogP) is 3.00. The molecule has 1 aliphatic heterocycles. The Balaban J connectivity index is 1.67. The van der Waals surface area contributed by atoms with E-state index in [-0.39, 0.29) is 12.0 Å². The fourth-order valence-corrected chi connectivity index (χ4v) is 3.39. The number of methoxy groups -OCH3 is 1. The van der Waals surface area contributed by atoms with Crippen LogP contribution < -0.4 is 14.4 Å². The number of nitrogens with zero attached hydrogens (tertiary/aromatic N) is 4. The number of piperidine rings is 1. The van der Waals surface area contributed by atoms with Gasteiger partial charge < -0.3 is 19.3 Å². The van der Waals surface area contributed by atoms with Crippen LogP contribution in [0.2, 0.25) is 0 Å². The van der Waals surface area contributed by atoms with Crippen molar-refractivity contribution in [3.63, 3.8) is 0 Å². The minimum atomic E-state index is -0.105. The normalized spacial score (nSPS) is 16.7. The molecule has 1 amide bonds. The lowest BCUT2D eigenvalue weighted by Crippen LogP contribution is -2.44. The highest BCUT2D eigenvalue weighted by atomic mass is 79.9. The average molecular weight is 435 g/mol. The van der Waals surface area contributed by atoms with Crippen LogP contribution in [0.15, 0.2) is 34.8 Å². The predicted molar refractivity (Wildman–Crippen MR) is 107 cm³/mol. The molecule has 27 heavy (non-hydrogen) atoms. The Morgan fingerprint density at radius 2 is 2.07 bits per heavy atom. The summed E-state index contributed by atoms with van der Waals surface area (Å²) < 4.78 is 11.9. The summed E-state index contributed by atoms with van der Waals surface area (Å²) in [5, 5.41) is 8.24. The number of hydrogen-bond acceptors (Lipinski definition) is 6. The first kappa shape index (κ1) is 19.4. The van der Waals surface area contributed by atoms with Crippen molar-refractivity contribution < 1.29 is 14.3 Å². The van der Waals surface area contributed by atoms with Crippen molar-refractivity contribution in [2.75, 3.05) is 39.2 Å². The molecule has 1 atom stereocenters. The molecule has 1 aromatic carbocycles. The molecule has 144 valence electrons. The number of benzene rings is 1. The standard InChI is InChI=1S/C19H23BrN4O3/c1-23(2)17-8-9-18(22-21-17)27-14-5-4-10-24(12-14)19(25)15-11-13(26-3)6-7-16(15)20/h6-9,11,14H,4-5,10,12H2,1-3H3. The zero-order valence-corrected chi connectivity index (χ0v) is 17.3. The topological polar surface area (TPSA) is 67.8 Å². The van der Waals surface area contributed by atoms with Gasteiger partial charge in [-0.1, -0.05) is 0 Å². The second kappa shape index (κ2) is 8.56. The molecular formula is C19H23BrN4O3. The molecule has 2 heterocycles. The zero-order valence-electron chi connectivity index (χ0n) is 15.7. The molecule has 7 nitrogen and oxygen atoms in total. The van der Waals surface area contributed by atoms with E-state index in [2.05, 4.69) is 26.1 Å². The van der Waals surface area contributed by atoms with Crippen LogP contribution in [0.4, 0.5) is 5.82 Å².